The average Bonchev–Trinajstić information content (AvgIpc) is 2.84. The predicted molar refractivity (Wildman–Crippen MR) is 106 cm³/mol. The van der Waals surface area contributed by atoms with Crippen molar-refractivity contribution in [1.82, 2.24) is 0 Å². The highest BCUT2D eigenvalue weighted by atomic mass is 32.2. The second kappa shape index (κ2) is 6.38. The quantitative estimate of drug-likeness (QED) is 0.359. The van der Waals surface area contributed by atoms with E-state index >= 15 is 0 Å². The molecule has 2 aliphatic rings. The largest absolute Gasteiger partial charge is 0.455 e. The summed E-state index contributed by atoms with van der Waals surface area (Å²) in [6, 6.07) is 21.2. The molecule has 0 saturated carbocycles. The van der Waals surface area contributed by atoms with Crippen LogP contribution in [0.1, 0.15) is 11.6 Å². The van der Waals surface area contributed by atoms with Gasteiger partial charge in [0, 0.05) is 22.6 Å². The van der Waals surface area contributed by atoms with Crippen LogP contribution in [0.25, 0.3) is 0 Å². The Labute approximate surface area is 164 Å². The molecule has 5 rings (SSSR count). The van der Waals surface area contributed by atoms with E-state index in [-0.39, 0.29) is 22.9 Å². The van der Waals surface area contributed by atoms with Crippen LogP contribution in [0.3, 0.4) is 0 Å². The molecule has 0 aliphatic carbocycles. The van der Waals surface area contributed by atoms with Crippen LogP contribution >= 0.6 is 11.8 Å². The van der Waals surface area contributed by atoms with Crippen molar-refractivity contribution in [2.45, 2.75) is 16.2 Å². The van der Waals surface area contributed by atoms with E-state index in [1.165, 1.54) is 23.9 Å². The van der Waals surface area contributed by atoms with Gasteiger partial charge in [-0.1, -0.05) is 30.3 Å². The van der Waals surface area contributed by atoms with E-state index in [0.717, 1.165) is 4.90 Å². The number of benzene rings is 3. The SMILES string of the molecule is O=C1[C@@H](Sc2ccccc2)[C@@H]2c3cc([N+](=O)[O-])ccc3Oc3ccccc3N12. The van der Waals surface area contributed by atoms with Gasteiger partial charge in [-0.05, 0) is 30.3 Å². The van der Waals surface area contributed by atoms with E-state index in [4.69, 9.17) is 4.74 Å². The fourth-order valence-corrected chi connectivity index (χ4v) is 4.85. The number of ether oxygens (including phenoxy) is 1. The van der Waals surface area contributed by atoms with Crippen LogP contribution in [0.15, 0.2) is 77.7 Å². The molecule has 1 fully saturated rings. The standard InChI is InChI=1S/C21H14N2O4S/c24-21-20(28-14-6-2-1-3-7-14)19-15-12-13(23(25)26)10-11-17(15)27-18-9-5-4-8-16(18)22(19)21/h1-12,19-20H/t19-,20-/m0/s1. The molecule has 0 bridgehead atoms. The Bertz CT molecular complexity index is 1100. The molecule has 3 aromatic rings. The summed E-state index contributed by atoms with van der Waals surface area (Å²) in [4.78, 5) is 26.6. The van der Waals surface area contributed by atoms with Crippen LogP contribution in [0.5, 0.6) is 11.5 Å². The highest BCUT2D eigenvalue weighted by molar-refractivity contribution is 8.00. The minimum Gasteiger partial charge on any atom is -0.455 e. The molecule has 138 valence electrons. The zero-order chi connectivity index (χ0) is 19.3. The van der Waals surface area contributed by atoms with Crippen LogP contribution in [-0.2, 0) is 4.79 Å². The van der Waals surface area contributed by atoms with Gasteiger partial charge < -0.3 is 4.74 Å². The number of non-ortho nitro benzene ring substituents is 1. The molecular formula is C21H14N2O4S. The maximum absolute atomic E-state index is 13.1. The first-order valence-corrected chi connectivity index (χ1v) is 9.61. The molecule has 0 spiro atoms. The lowest BCUT2D eigenvalue weighted by Crippen LogP contribution is -2.57. The molecule has 3 aromatic carbocycles. The van der Waals surface area contributed by atoms with Crippen LogP contribution < -0.4 is 9.64 Å². The summed E-state index contributed by atoms with van der Waals surface area (Å²) in [5.41, 5.74) is 1.32. The van der Waals surface area contributed by atoms with Gasteiger partial charge in [-0.3, -0.25) is 19.8 Å². The van der Waals surface area contributed by atoms with Gasteiger partial charge in [-0.2, -0.15) is 0 Å². The van der Waals surface area contributed by atoms with Gasteiger partial charge in [0.25, 0.3) is 5.69 Å². The number of amides is 1. The zero-order valence-electron chi connectivity index (χ0n) is 14.5. The minimum atomic E-state index is -0.428. The van der Waals surface area contributed by atoms with E-state index in [1.54, 1.807) is 17.0 Å². The molecule has 2 atom stereocenters. The molecule has 1 amide bonds. The summed E-state index contributed by atoms with van der Waals surface area (Å²) in [5, 5.41) is 10.9. The molecule has 0 unspecified atom stereocenters. The molecule has 7 heteroatoms. The summed E-state index contributed by atoms with van der Waals surface area (Å²) in [6.45, 7) is 0. The molecule has 0 aromatic heterocycles. The number of rotatable bonds is 3. The maximum atomic E-state index is 13.1. The van der Waals surface area contributed by atoms with E-state index in [1.807, 2.05) is 48.5 Å². The number of nitro benzene ring substituents is 1. The van der Waals surface area contributed by atoms with E-state index in [2.05, 4.69) is 0 Å². The normalized spacial score (nSPS) is 19.4. The van der Waals surface area contributed by atoms with Gasteiger partial charge in [-0.25, -0.2) is 0 Å². The maximum Gasteiger partial charge on any atom is 0.270 e. The number of β-lactam (4-membered cyclic amide) rings is 1. The zero-order valence-corrected chi connectivity index (χ0v) is 15.3. The van der Waals surface area contributed by atoms with E-state index < -0.39 is 4.92 Å². The molecule has 0 radical (unpaired) electrons. The fourth-order valence-electron chi connectivity index (χ4n) is 3.63. The number of hydrogen-bond donors (Lipinski definition) is 0. The van der Waals surface area contributed by atoms with Crippen molar-refractivity contribution in [1.29, 1.82) is 0 Å². The van der Waals surface area contributed by atoms with E-state index in [9.17, 15) is 14.9 Å². The summed E-state index contributed by atoms with van der Waals surface area (Å²) < 4.78 is 6.04. The van der Waals surface area contributed by atoms with Gasteiger partial charge in [0.2, 0.25) is 5.91 Å². The number of nitro groups is 1. The number of anilines is 1. The Kier molecular flexibility index (Phi) is 3.84. The van der Waals surface area contributed by atoms with Gasteiger partial charge in [0.05, 0.1) is 16.7 Å². The molecule has 6 nitrogen and oxygen atoms in total. The Morgan fingerprint density at radius 2 is 1.71 bits per heavy atom. The third kappa shape index (κ3) is 2.55. The molecule has 1 saturated heterocycles. The first kappa shape index (κ1) is 16.8. The Balaban J connectivity index is 1.64. The van der Waals surface area contributed by atoms with Crippen molar-refractivity contribution >= 4 is 29.0 Å². The van der Waals surface area contributed by atoms with Crippen molar-refractivity contribution in [2.75, 3.05) is 4.90 Å². The van der Waals surface area contributed by atoms with Gasteiger partial charge in [-0.15, -0.1) is 11.8 Å². The highest BCUT2D eigenvalue weighted by Crippen LogP contribution is 2.54. The lowest BCUT2D eigenvalue weighted by Gasteiger charge is -2.45. The first-order valence-electron chi connectivity index (χ1n) is 8.73. The first-order chi connectivity index (χ1) is 13.6. The van der Waals surface area contributed by atoms with Crippen LogP contribution in [0.4, 0.5) is 11.4 Å². The topological polar surface area (TPSA) is 72.7 Å². The average molecular weight is 390 g/mol. The lowest BCUT2D eigenvalue weighted by molar-refractivity contribution is -0.385. The number of thioether (sulfide) groups is 1. The number of carbonyl (C=O) groups excluding carboxylic acids is 1. The molecule has 28 heavy (non-hydrogen) atoms. The molecule has 2 aliphatic heterocycles. The van der Waals surface area contributed by atoms with Crippen molar-refractivity contribution in [3.8, 4) is 11.5 Å². The molecule has 2 heterocycles. The second-order valence-electron chi connectivity index (χ2n) is 6.55. The Morgan fingerprint density at radius 1 is 0.964 bits per heavy atom. The third-order valence-electron chi connectivity index (χ3n) is 4.92. The Hall–Kier alpha value is -3.32. The van der Waals surface area contributed by atoms with Crippen LogP contribution in [0, 0.1) is 10.1 Å². The monoisotopic (exact) mass is 390 g/mol. The van der Waals surface area contributed by atoms with Crippen molar-refractivity contribution in [3.63, 3.8) is 0 Å². The summed E-state index contributed by atoms with van der Waals surface area (Å²) in [7, 11) is 0. The smallest absolute Gasteiger partial charge is 0.270 e. The minimum absolute atomic E-state index is 0.0175. The summed E-state index contributed by atoms with van der Waals surface area (Å²) in [6.07, 6.45) is 0. The summed E-state index contributed by atoms with van der Waals surface area (Å²) in [5.74, 6) is 1.07. The predicted octanol–water partition coefficient (Wildman–Crippen LogP) is 4.95. The van der Waals surface area contributed by atoms with Crippen molar-refractivity contribution in [3.05, 3.63) is 88.5 Å². The number of hydrogen-bond acceptors (Lipinski definition) is 5. The Morgan fingerprint density at radius 3 is 2.50 bits per heavy atom. The second-order valence-corrected chi connectivity index (χ2v) is 7.77. The van der Waals surface area contributed by atoms with Crippen molar-refractivity contribution in [2.24, 2.45) is 0 Å². The van der Waals surface area contributed by atoms with Gasteiger partial charge in [0.15, 0.2) is 5.75 Å². The number of para-hydroxylation sites is 2. The van der Waals surface area contributed by atoms with Crippen LogP contribution in [0.2, 0.25) is 0 Å². The molecule has 0 N–H and O–H groups in total. The van der Waals surface area contributed by atoms with Crippen LogP contribution in [-0.4, -0.2) is 16.1 Å². The summed E-state index contributed by atoms with van der Waals surface area (Å²) >= 11 is 1.47. The van der Waals surface area contributed by atoms with Gasteiger partial charge in [0.1, 0.15) is 11.0 Å². The fraction of sp³-hybridized carbons (Fsp3) is 0.0952. The van der Waals surface area contributed by atoms with E-state index in [0.29, 0.717) is 22.7 Å². The number of carbonyl (C=O) groups is 1. The molecular weight excluding hydrogens is 376 g/mol. The lowest BCUT2D eigenvalue weighted by atomic mass is 9.91. The third-order valence-corrected chi connectivity index (χ3v) is 6.18. The highest BCUT2D eigenvalue weighted by Gasteiger charge is 2.52. The number of nitrogens with zero attached hydrogens (tertiary/aromatic N) is 2. The number of fused-ring (bicyclic) bond motifs is 5. The van der Waals surface area contributed by atoms with Gasteiger partial charge >= 0.3 is 0 Å². The van der Waals surface area contributed by atoms with Crippen molar-refractivity contribution < 1.29 is 14.5 Å².